The molecule has 3 nitrogen and oxygen atoms in total. The van der Waals surface area contributed by atoms with E-state index in [1.807, 2.05) is 38.2 Å². The van der Waals surface area contributed by atoms with Gasteiger partial charge in [0.25, 0.3) is 0 Å². The molecule has 0 aliphatic rings. The highest BCUT2D eigenvalue weighted by atomic mass is 35.5. The minimum atomic E-state index is 0.230. The summed E-state index contributed by atoms with van der Waals surface area (Å²) < 4.78 is 1.70. The summed E-state index contributed by atoms with van der Waals surface area (Å²) in [5.74, 6) is 0. The number of rotatable bonds is 4. The van der Waals surface area contributed by atoms with Crippen molar-refractivity contribution in [3.8, 4) is 0 Å². The van der Waals surface area contributed by atoms with Crippen LogP contribution in [-0.4, -0.2) is 9.78 Å². The minimum Gasteiger partial charge on any atom is -0.306 e. The number of hydrogen-bond acceptors (Lipinski definition) is 2. The van der Waals surface area contributed by atoms with E-state index in [-0.39, 0.29) is 6.04 Å². The van der Waals surface area contributed by atoms with E-state index in [1.165, 1.54) is 5.56 Å². The first-order valence-corrected chi connectivity index (χ1v) is 6.91. The van der Waals surface area contributed by atoms with Crippen molar-refractivity contribution in [2.24, 2.45) is 7.05 Å². The van der Waals surface area contributed by atoms with Crippen LogP contribution in [-0.2, 0) is 13.6 Å². The number of aromatic nitrogens is 2. The molecule has 1 aromatic heterocycles. The molecule has 5 heteroatoms. The van der Waals surface area contributed by atoms with Crippen LogP contribution in [0, 0.1) is 6.92 Å². The lowest BCUT2D eigenvalue weighted by Gasteiger charge is -2.14. The molecule has 1 N–H and O–H groups in total. The number of hydrogen-bond donors (Lipinski definition) is 1. The number of nitrogens with one attached hydrogen (secondary N) is 1. The minimum absolute atomic E-state index is 0.230. The predicted octanol–water partition coefficient (Wildman–Crippen LogP) is 3.89. The number of benzene rings is 1. The van der Waals surface area contributed by atoms with Gasteiger partial charge in [-0.25, -0.2) is 0 Å². The van der Waals surface area contributed by atoms with E-state index in [9.17, 15) is 0 Å². The van der Waals surface area contributed by atoms with E-state index >= 15 is 0 Å². The highest BCUT2D eigenvalue weighted by Gasteiger charge is 2.12. The van der Waals surface area contributed by atoms with Gasteiger partial charge in [-0.15, -0.1) is 0 Å². The summed E-state index contributed by atoms with van der Waals surface area (Å²) in [7, 11) is 1.85. The number of nitrogens with zero attached hydrogens (tertiary/aromatic N) is 2. The first-order valence-electron chi connectivity index (χ1n) is 6.16. The molecular weight excluding hydrogens is 281 g/mol. The lowest BCUT2D eigenvalue weighted by atomic mass is 10.1. The van der Waals surface area contributed by atoms with Crippen molar-refractivity contribution in [1.29, 1.82) is 0 Å². The van der Waals surface area contributed by atoms with E-state index in [1.54, 1.807) is 4.68 Å². The SMILES string of the molecule is Cc1nn(C)c(Cl)c1CNC(C)c1ccc(Cl)cc1. The zero-order chi connectivity index (χ0) is 14.0. The Morgan fingerprint density at radius 2 is 1.89 bits per heavy atom. The smallest absolute Gasteiger partial charge is 0.131 e. The first kappa shape index (κ1) is 14.4. The van der Waals surface area contributed by atoms with Crippen molar-refractivity contribution >= 4 is 23.2 Å². The van der Waals surface area contributed by atoms with Gasteiger partial charge in [0.1, 0.15) is 5.15 Å². The Morgan fingerprint density at radius 3 is 2.42 bits per heavy atom. The van der Waals surface area contributed by atoms with E-state index < -0.39 is 0 Å². The highest BCUT2D eigenvalue weighted by molar-refractivity contribution is 6.30. The van der Waals surface area contributed by atoms with Crippen LogP contribution in [0.3, 0.4) is 0 Å². The third-order valence-corrected chi connectivity index (χ3v) is 3.95. The molecule has 0 amide bonds. The zero-order valence-corrected chi connectivity index (χ0v) is 12.8. The Balaban J connectivity index is 2.04. The van der Waals surface area contributed by atoms with Crippen LogP contribution in [0.4, 0.5) is 0 Å². The van der Waals surface area contributed by atoms with Gasteiger partial charge in [0.05, 0.1) is 5.69 Å². The quantitative estimate of drug-likeness (QED) is 0.928. The van der Waals surface area contributed by atoms with Gasteiger partial charge in [0.15, 0.2) is 0 Å². The molecule has 0 aliphatic heterocycles. The van der Waals surface area contributed by atoms with Gasteiger partial charge in [-0.3, -0.25) is 4.68 Å². The molecule has 19 heavy (non-hydrogen) atoms. The summed E-state index contributed by atoms with van der Waals surface area (Å²) in [5.41, 5.74) is 3.20. The first-order chi connectivity index (χ1) is 8.99. The number of aryl methyl sites for hydroxylation is 2. The normalized spacial score (nSPS) is 12.7. The molecule has 1 atom stereocenters. The molecule has 2 rings (SSSR count). The molecule has 2 aromatic rings. The molecule has 0 saturated heterocycles. The van der Waals surface area contributed by atoms with Gasteiger partial charge in [-0.1, -0.05) is 35.3 Å². The second-order valence-corrected chi connectivity index (χ2v) is 5.43. The Labute approximate surface area is 123 Å². The summed E-state index contributed by atoms with van der Waals surface area (Å²) in [5, 5.41) is 9.19. The van der Waals surface area contributed by atoms with Crippen molar-refractivity contribution in [3.05, 3.63) is 51.3 Å². The summed E-state index contributed by atoms with van der Waals surface area (Å²) in [6.07, 6.45) is 0. The fourth-order valence-corrected chi connectivity index (χ4v) is 2.37. The molecule has 0 spiro atoms. The van der Waals surface area contributed by atoms with Crippen molar-refractivity contribution in [2.75, 3.05) is 0 Å². The molecule has 1 unspecified atom stereocenters. The molecule has 0 aliphatic carbocycles. The molecule has 0 saturated carbocycles. The predicted molar refractivity (Wildman–Crippen MR) is 79.7 cm³/mol. The maximum Gasteiger partial charge on any atom is 0.131 e. The molecule has 0 bridgehead atoms. The summed E-state index contributed by atoms with van der Waals surface area (Å²) in [6.45, 7) is 4.78. The van der Waals surface area contributed by atoms with Crippen LogP contribution < -0.4 is 5.32 Å². The van der Waals surface area contributed by atoms with Crippen LogP contribution in [0.1, 0.15) is 29.8 Å². The maximum absolute atomic E-state index is 6.21. The second kappa shape index (κ2) is 5.95. The monoisotopic (exact) mass is 297 g/mol. The summed E-state index contributed by atoms with van der Waals surface area (Å²) in [6, 6.07) is 8.08. The fraction of sp³-hybridized carbons (Fsp3) is 0.357. The summed E-state index contributed by atoms with van der Waals surface area (Å²) in [4.78, 5) is 0. The third-order valence-electron chi connectivity index (χ3n) is 3.22. The average molecular weight is 298 g/mol. The van der Waals surface area contributed by atoms with Crippen molar-refractivity contribution < 1.29 is 0 Å². The molecule has 1 aromatic carbocycles. The Hall–Kier alpha value is -1.03. The standard InChI is InChI=1S/C14H17Cl2N3/c1-9(11-4-6-12(15)7-5-11)17-8-13-10(2)18-19(3)14(13)16/h4-7,9,17H,8H2,1-3H3. The number of halogens is 2. The Bertz CT molecular complexity index is 561. The van der Waals surface area contributed by atoms with Crippen LogP contribution >= 0.6 is 23.2 Å². The van der Waals surface area contributed by atoms with Crippen LogP contribution in [0.5, 0.6) is 0 Å². The Kier molecular flexibility index (Phi) is 4.50. The van der Waals surface area contributed by atoms with Crippen molar-refractivity contribution in [3.63, 3.8) is 0 Å². The van der Waals surface area contributed by atoms with Crippen LogP contribution in [0.25, 0.3) is 0 Å². The molecule has 0 fully saturated rings. The maximum atomic E-state index is 6.21. The van der Waals surface area contributed by atoms with Gasteiger partial charge in [0.2, 0.25) is 0 Å². The van der Waals surface area contributed by atoms with E-state index in [2.05, 4.69) is 17.3 Å². The van der Waals surface area contributed by atoms with Gasteiger partial charge < -0.3 is 5.32 Å². The molecule has 0 radical (unpaired) electrons. The highest BCUT2D eigenvalue weighted by Crippen LogP contribution is 2.21. The topological polar surface area (TPSA) is 29.9 Å². The van der Waals surface area contributed by atoms with Gasteiger partial charge in [0, 0.05) is 30.2 Å². The van der Waals surface area contributed by atoms with E-state index in [4.69, 9.17) is 23.2 Å². The third kappa shape index (κ3) is 3.30. The zero-order valence-electron chi connectivity index (χ0n) is 11.2. The largest absolute Gasteiger partial charge is 0.306 e. The lowest BCUT2D eigenvalue weighted by molar-refractivity contribution is 0.573. The molecule has 1 heterocycles. The Morgan fingerprint density at radius 1 is 1.26 bits per heavy atom. The average Bonchev–Trinajstić information content (AvgIpc) is 2.62. The molecular formula is C14H17Cl2N3. The van der Waals surface area contributed by atoms with Gasteiger partial charge in [-0.2, -0.15) is 5.10 Å². The van der Waals surface area contributed by atoms with E-state index in [0.717, 1.165) is 16.3 Å². The molecule has 102 valence electrons. The summed E-state index contributed by atoms with van der Waals surface area (Å²) >= 11 is 12.1. The van der Waals surface area contributed by atoms with Crippen LogP contribution in [0.2, 0.25) is 10.2 Å². The lowest BCUT2D eigenvalue weighted by Crippen LogP contribution is -2.18. The van der Waals surface area contributed by atoms with E-state index in [0.29, 0.717) is 11.7 Å². The second-order valence-electron chi connectivity index (χ2n) is 4.63. The van der Waals surface area contributed by atoms with Gasteiger partial charge in [-0.05, 0) is 31.5 Å². The van der Waals surface area contributed by atoms with Gasteiger partial charge >= 0.3 is 0 Å². The van der Waals surface area contributed by atoms with Crippen molar-refractivity contribution in [2.45, 2.75) is 26.4 Å². The van der Waals surface area contributed by atoms with Crippen LogP contribution in [0.15, 0.2) is 24.3 Å². The van der Waals surface area contributed by atoms with Crippen molar-refractivity contribution in [1.82, 2.24) is 15.1 Å². The fourth-order valence-electron chi connectivity index (χ4n) is 2.00.